The van der Waals surface area contributed by atoms with Crippen LogP contribution < -0.4 is 5.32 Å². The highest BCUT2D eigenvalue weighted by Gasteiger charge is 2.26. The van der Waals surface area contributed by atoms with E-state index in [1.807, 2.05) is 6.07 Å². The molecule has 3 nitrogen and oxygen atoms in total. The maximum Gasteiger partial charge on any atom is 0.124 e. The molecule has 0 aliphatic heterocycles. The summed E-state index contributed by atoms with van der Waals surface area (Å²) in [7, 11) is 0. The van der Waals surface area contributed by atoms with Crippen LogP contribution in [0.25, 0.3) is 0 Å². The maximum absolute atomic E-state index is 12.8. The van der Waals surface area contributed by atoms with Crippen LogP contribution in [-0.2, 0) is 0 Å². The zero-order valence-corrected chi connectivity index (χ0v) is 8.78. The minimum Gasteiger partial charge on any atom is -0.393 e. The second kappa shape index (κ2) is 4.50. The maximum atomic E-state index is 12.8. The first kappa shape index (κ1) is 10.9. The lowest BCUT2D eigenvalue weighted by Crippen LogP contribution is -2.33. The summed E-state index contributed by atoms with van der Waals surface area (Å²) in [6, 6.07) is 6.08. The predicted molar refractivity (Wildman–Crippen MR) is 58.3 cm³/mol. The van der Waals surface area contributed by atoms with Crippen LogP contribution in [0.15, 0.2) is 18.2 Å². The largest absolute Gasteiger partial charge is 0.393 e. The lowest BCUT2D eigenvalue weighted by molar-refractivity contribution is 0.0487. The van der Waals surface area contributed by atoms with Crippen LogP contribution in [0.3, 0.4) is 0 Å². The van der Waals surface area contributed by atoms with Crippen LogP contribution in [0.4, 0.5) is 10.1 Å². The van der Waals surface area contributed by atoms with Crippen LogP contribution in [0.5, 0.6) is 0 Å². The molecule has 0 amide bonds. The molecule has 4 heteroatoms. The molecule has 0 bridgehead atoms. The number of nitrogens with one attached hydrogen (secondary N) is 1. The first-order valence-corrected chi connectivity index (χ1v) is 5.30. The van der Waals surface area contributed by atoms with Crippen molar-refractivity contribution >= 4 is 5.69 Å². The number of aliphatic hydroxyl groups is 1. The number of hydrogen-bond acceptors (Lipinski definition) is 3. The molecular formula is C12H13FN2O. The highest BCUT2D eigenvalue weighted by atomic mass is 19.1. The van der Waals surface area contributed by atoms with E-state index in [0.717, 1.165) is 19.4 Å². The van der Waals surface area contributed by atoms with E-state index in [4.69, 9.17) is 10.4 Å². The van der Waals surface area contributed by atoms with Gasteiger partial charge in [0.1, 0.15) is 11.9 Å². The fraction of sp³-hybridized carbons (Fsp3) is 0.417. The molecule has 16 heavy (non-hydrogen) atoms. The molecule has 0 spiro atoms. The molecule has 2 N–H and O–H groups in total. The summed E-state index contributed by atoms with van der Waals surface area (Å²) < 4.78 is 12.8. The summed E-state index contributed by atoms with van der Waals surface area (Å²) in [5.74, 6) is 0.0489. The van der Waals surface area contributed by atoms with Crippen molar-refractivity contribution in [3.8, 4) is 6.07 Å². The van der Waals surface area contributed by atoms with E-state index in [2.05, 4.69) is 5.32 Å². The van der Waals surface area contributed by atoms with Gasteiger partial charge < -0.3 is 10.4 Å². The number of benzene rings is 1. The zero-order valence-electron chi connectivity index (χ0n) is 8.78. The summed E-state index contributed by atoms with van der Waals surface area (Å²) >= 11 is 0. The van der Waals surface area contributed by atoms with Gasteiger partial charge in [-0.2, -0.15) is 5.26 Å². The molecule has 0 saturated heterocycles. The molecule has 1 aromatic rings. The Bertz CT molecular complexity index is 422. The number of halogens is 1. The molecule has 0 aromatic heterocycles. The SMILES string of the molecule is N#Cc1cc(F)ccc1NCC1CC(O)C1. The number of rotatable bonds is 3. The second-order valence-corrected chi connectivity index (χ2v) is 4.17. The fourth-order valence-electron chi connectivity index (χ4n) is 1.88. The second-order valence-electron chi connectivity index (χ2n) is 4.17. The monoisotopic (exact) mass is 220 g/mol. The van der Waals surface area contributed by atoms with E-state index in [1.165, 1.54) is 12.1 Å². The van der Waals surface area contributed by atoms with Gasteiger partial charge in [0.05, 0.1) is 17.4 Å². The highest BCUT2D eigenvalue weighted by molar-refractivity contribution is 5.57. The lowest BCUT2D eigenvalue weighted by atomic mass is 9.82. The molecule has 1 aliphatic rings. The molecule has 84 valence electrons. The average Bonchev–Trinajstić information content (AvgIpc) is 2.24. The molecule has 0 unspecified atom stereocenters. The van der Waals surface area contributed by atoms with Crippen LogP contribution in [0.1, 0.15) is 18.4 Å². The quantitative estimate of drug-likeness (QED) is 0.817. The molecule has 2 rings (SSSR count). The molecular weight excluding hydrogens is 207 g/mol. The van der Waals surface area contributed by atoms with Crippen molar-refractivity contribution in [1.82, 2.24) is 0 Å². The normalized spacial score (nSPS) is 23.3. The minimum atomic E-state index is -0.402. The Balaban J connectivity index is 1.96. The molecule has 0 atom stereocenters. The minimum absolute atomic E-state index is 0.171. The summed E-state index contributed by atoms with van der Waals surface area (Å²) in [4.78, 5) is 0. The van der Waals surface area contributed by atoms with Gasteiger partial charge in [-0.1, -0.05) is 0 Å². The number of nitriles is 1. The van der Waals surface area contributed by atoms with E-state index >= 15 is 0 Å². The van der Waals surface area contributed by atoms with Crippen molar-refractivity contribution in [3.63, 3.8) is 0 Å². The van der Waals surface area contributed by atoms with E-state index in [9.17, 15) is 4.39 Å². The van der Waals surface area contributed by atoms with Crippen molar-refractivity contribution in [2.75, 3.05) is 11.9 Å². The van der Waals surface area contributed by atoms with Crippen molar-refractivity contribution in [3.05, 3.63) is 29.6 Å². The van der Waals surface area contributed by atoms with Crippen molar-refractivity contribution in [1.29, 1.82) is 5.26 Å². The Morgan fingerprint density at radius 1 is 1.50 bits per heavy atom. The predicted octanol–water partition coefficient (Wildman–Crippen LogP) is 1.88. The zero-order chi connectivity index (χ0) is 11.5. The Hall–Kier alpha value is -1.60. The molecule has 1 aromatic carbocycles. The third-order valence-corrected chi connectivity index (χ3v) is 2.89. The van der Waals surface area contributed by atoms with Gasteiger partial charge in [-0.15, -0.1) is 0 Å². The van der Waals surface area contributed by atoms with Gasteiger partial charge in [-0.3, -0.25) is 0 Å². The first-order valence-electron chi connectivity index (χ1n) is 5.30. The van der Waals surface area contributed by atoms with Gasteiger partial charge in [-0.25, -0.2) is 4.39 Å². The van der Waals surface area contributed by atoms with Crippen molar-refractivity contribution < 1.29 is 9.50 Å². The standard InChI is InChI=1S/C12H13FN2O/c13-10-1-2-12(9(5-10)6-14)15-7-8-3-11(16)4-8/h1-2,5,8,11,15-16H,3-4,7H2. The number of hydrogen-bond donors (Lipinski definition) is 2. The number of anilines is 1. The number of aliphatic hydroxyl groups excluding tert-OH is 1. The molecule has 0 heterocycles. The van der Waals surface area contributed by atoms with Crippen LogP contribution in [0.2, 0.25) is 0 Å². The first-order chi connectivity index (χ1) is 7.69. The van der Waals surface area contributed by atoms with Crippen LogP contribution in [0, 0.1) is 23.1 Å². The van der Waals surface area contributed by atoms with Crippen LogP contribution >= 0.6 is 0 Å². The Labute approximate surface area is 93.5 Å². The average molecular weight is 220 g/mol. The molecule has 1 fully saturated rings. The third kappa shape index (κ3) is 2.31. The van der Waals surface area contributed by atoms with Gasteiger partial charge >= 0.3 is 0 Å². The third-order valence-electron chi connectivity index (χ3n) is 2.89. The molecule has 0 radical (unpaired) electrons. The fourth-order valence-corrected chi connectivity index (χ4v) is 1.88. The van der Waals surface area contributed by atoms with E-state index in [0.29, 0.717) is 17.2 Å². The van der Waals surface area contributed by atoms with Crippen molar-refractivity contribution in [2.45, 2.75) is 18.9 Å². The van der Waals surface area contributed by atoms with Gasteiger partial charge in [-0.05, 0) is 37.0 Å². The van der Waals surface area contributed by atoms with Gasteiger partial charge in [0.25, 0.3) is 0 Å². The van der Waals surface area contributed by atoms with Gasteiger partial charge in [0.2, 0.25) is 0 Å². The lowest BCUT2D eigenvalue weighted by Gasteiger charge is -2.31. The van der Waals surface area contributed by atoms with Crippen molar-refractivity contribution in [2.24, 2.45) is 5.92 Å². The smallest absolute Gasteiger partial charge is 0.124 e. The summed E-state index contributed by atoms with van der Waals surface area (Å²) in [6.07, 6.45) is 1.43. The van der Waals surface area contributed by atoms with E-state index < -0.39 is 5.82 Å². The Kier molecular flexibility index (Phi) is 3.07. The molecule has 1 aliphatic carbocycles. The summed E-state index contributed by atoms with van der Waals surface area (Å²) in [5.41, 5.74) is 0.977. The van der Waals surface area contributed by atoms with E-state index in [-0.39, 0.29) is 6.10 Å². The Morgan fingerprint density at radius 2 is 2.25 bits per heavy atom. The van der Waals surface area contributed by atoms with Crippen LogP contribution in [-0.4, -0.2) is 17.8 Å². The van der Waals surface area contributed by atoms with Gasteiger partial charge in [0, 0.05) is 6.54 Å². The van der Waals surface area contributed by atoms with E-state index in [1.54, 1.807) is 6.07 Å². The Morgan fingerprint density at radius 3 is 2.88 bits per heavy atom. The summed E-state index contributed by atoms with van der Waals surface area (Å²) in [6.45, 7) is 0.720. The number of nitrogens with zero attached hydrogens (tertiary/aromatic N) is 1. The topological polar surface area (TPSA) is 56.0 Å². The highest BCUT2D eigenvalue weighted by Crippen LogP contribution is 2.27. The molecule has 1 saturated carbocycles. The summed E-state index contributed by atoms with van der Waals surface area (Å²) in [5, 5.41) is 21.1. The van der Waals surface area contributed by atoms with Gasteiger partial charge in [0.15, 0.2) is 0 Å².